The van der Waals surface area contributed by atoms with E-state index in [9.17, 15) is 15.0 Å². The van der Waals surface area contributed by atoms with Crippen LogP contribution in [0.1, 0.15) is 35.4 Å². The maximum atomic E-state index is 11.3. The van der Waals surface area contributed by atoms with Crippen molar-refractivity contribution in [1.29, 1.82) is 0 Å². The van der Waals surface area contributed by atoms with Crippen molar-refractivity contribution in [3.05, 3.63) is 35.6 Å². The summed E-state index contributed by atoms with van der Waals surface area (Å²) < 4.78 is 5.42. The number of aliphatic hydroxyl groups excluding tert-OH is 1. The number of aromatic carboxylic acids is 1. The minimum Gasteiger partial charge on any atom is -0.475 e. The van der Waals surface area contributed by atoms with Gasteiger partial charge in [0.05, 0.1) is 6.10 Å². The Balaban J connectivity index is 1.73. The number of hydrogen-bond donors (Lipinski definition) is 3. The number of hydrogen-bond acceptors (Lipinski definition) is 4. The van der Waals surface area contributed by atoms with Gasteiger partial charge in [-0.2, -0.15) is 0 Å². The second-order valence-electron chi connectivity index (χ2n) is 5.67. The van der Waals surface area contributed by atoms with Gasteiger partial charge in [-0.15, -0.1) is 0 Å². The largest absolute Gasteiger partial charge is 0.475 e. The Labute approximate surface area is 122 Å². The molecule has 5 nitrogen and oxygen atoms in total. The molecule has 0 amide bonds. The molecule has 2 unspecified atom stereocenters. The lowest BCUT2D eigenvalue weighted by Crippen LogP contribution is -2.22. The van der Waals surface area contributed by atoms with Crippen molar-refractivity contribution in [1.82, 2.24) is 5.32 Å². The number of nitrogens with one attached hydrogen (secondary N) is 1. The van der Waals surface area contributed by atoms with Crippen LogP contribution in [0.4, 0.5) is 0 Å². The molecule has 21 heavy (non-hydrogen) atoms. The van der Waals surface area contributed by atoms with Crippen LogP contribution in [0.2, 0.25) is 0 Å². The Hall–Kier alpha value is -1.85. The van der Waals surface area contributed by atoms with E-state index in [1.807, 2.05) is 18.2 Å². The zero-order valence-electron chi connectivity index (χ0n) is 11.7. The normalized spacial score (nSPS) is 22.0. The van der Waals surface area contributed by atoms with Crippen molar-refractivity contribution >= 4 is 16.9 Å². The van der Waals surface area contributed by atoms with Gasteiger partial charge in [-0.05, 0) is 37.8 Å². The highest BCUT2D eigenvalue weighted by Gasteiger charge is 2.23. The maximum Gasteiger partial charge on any atom is 0.372 e. The molecule has 1 aliphatic carbocycles. The summed E-state index contributed by atoms with van der Waals surface area (Å²) in [5.74, 6) is -0.569. The average Bonchev–Trinajstić information content (AvgIpc) is 3.03. The first-order valence-electron chi connectivity index (χ1n) is 7.27. The van der Waals surface area contributed by atoms with Gasteiger partial charge >= 0.3 is 5.97 Å². The molecule has 2 atom stereocenters. The van der Waals surface area contributed by atoms with Crippen molar-refractivity contribution in [3.63, 3.8) is 0 Å². The van der Waals surface area contributed by atoms with E-state index < -0.39 is 5.97 Å². The number of carboxylic acids is 1. The molecule has 1 fully saturated rings. The SMILES string of the molecule is O=C(O)c1oc2ccccc2c1CNCC1CCC(O)C1. The first-order valence-corrected chi connectivity index (χ1v) is 7.27. The van der Waals surface area contributed by atoms with E-state index in [-0.39, 0.29) is 11.9 Å². The van der Waals surface area contributed by atoms with E-state index in [1.54, 1.807) is 6.07 Å². The number of aliphatic hydroxyl groups is 1. The molecule has 0 bridgehead atoms. The summed E-state index contributed by atoms with van der Waals surface area (Å²) in [6.45, 7) is 1.25. The van der Waals surface area contributed by atoms with E-state index in [0.717, 1.165) is 31.2 Å². The maximum absolute atomic E-state index is 11.3. The summed E-state index contributed by atoms with van der Waals surface area (Å²) >= 11 is 0. The smallest absolute Gasteiger partial charge is 0.372 e. The fourth-order valence-electron chi connectivity index (χ4n) is 3.08. The highest BCUT2D eigenvalue weighted by molar-refractivity contribution is 5.95. The van der Waals surface area contributed by atoms with Crippen LogP contribution in [0, 0.1) is 5.92 Å². The Bertz CT molecular complexity index is 649. The van der Waals surface area contributed by atoms with Crippen LogP contribution in [0.5, 0.6) is 0 Å². The first-order chi connectivity index (χ1) is 10.1. The molecule has 3 rings (SSSR count). The van der Waals surface area contributed by atoms with Crippen molar-refractivity contribution < 1.29 is 19.4 Å². The highest BCUT2D eigenvalue weighted by atomic mass is 16.4. The fourth-order valence-corrected chi connectivity index (χ4v) is 3.08. The van der Waals surface area contributed by atoms with Gasteiger partial charge in [0.15, 0.2) is 0 Å². The van der Waals surface area contributed by atoms with E-state index in [1.165, 1.54) is 0 Å². The standard InChI is InChI=1S/C16H19NO4/c18-11-6-5-10(7-11)8-17-9-13-12-3-1-2-4-14(12)21-15(13)16(19)20/h1-4,10-11,17-18H,5-9H2,(H,19,20). The van der Waals surface area contributed by atoms with Gasteiger partial charge in [-0.3, -0.25) is 0 Å². The Morgan fingerprint density at radius 2 is 2.14 bits per heavy atom. The third-order valence-electron chi connectivity index (χ3n) is 4.14. The summed E-state index contributed by atoms with van der Waals surface area (Å²) in [5, 5.41) is 22.9. The lowest BCUT2D eigenvalue weighted by molar-refractivity contribution is 0.0663. The number of para-hydroxylation sites is 1. The molecule has 112 valence electrons. The van der Waals surface area contributed by atoms with Crippen LogP contribution in [-0.4, -0.2) is 28.8 Å². The number of furan rings is 1. The van der Waals surface area contributed by atoms with E-state index in [4.69, 9.17) is 4.42 Å². The minimum atomic E-state index is -1.04. The van der Waals surface area contributed by atoms with Crippen LogP contribution >= 0.6 is 0 Å². The van der Waals surface area contributed by atoms with Gasteiger partial charge in [0, 0.05) is 17.5 Å². The Kier molecular flexibility index (Phi) is 3.94. The lowest BCUT2D eigenvalue weighted by atomic mass is 10.1. The molecule has 1 saturated carbocycles. The minimum absolute atomic E-state index is 0.00940. The molecule has 0 aliphatic heterocycles. The second kappa shape index (κ2) is 5.87. The molecule has 1 heterocycles. The third kappa shape index (κ3) is 2.94. The monoisotopic (exact) mass is 289 g/mol. The molecule has 3 N–H and O–H groups in total. The van der Waals surface area contributed by atoms with Crippen LogP contribution in [0.25, 0.3) is 11.0 Å². The molecule has 5 heteroatoms. The van der Waals surface area contributed by atoms with E-state index in [2.05, 4.69) is 5.32 Å². The number of fused-ring (bicyclic) bond motifs is 1. The quantitative estimate of drug-likeness (QED) is 0.787. The number of rotatable bonds is 5. The summed E-state index contributed by atoms with van der Waals surface area (Å²) in [6.07, 6.45) is 2.53. The fraction of sp³-hybridized carbons (Fsp3) is 0.438. The van der Waals surface area contributed by atoms with E-state index in [0.29, 0.717) is 23.6 Å². The predicted molar refractivity (Wildman–Crippen MR) is 78.2 cm³/mol. The first kappa shape index (κ1) is 14.1. The number of benzene rings is 1. The van der Waals surface area contributed by atoms with Crippen molar-refractivity contribution in [2.75, 3.05) is 6.54 Å². The molecule has 2 aromatic rings. The van der Waals surface area contributed by atoms with Gasteiger partial charge in [0.1, 0.15) is 5.58 Å². The van der Waals surface area contributed by atoms with Gasteiger partial charge in [-0.25, -0.2) is 4.79 Å². The summed E-state index contributed by atoms with van der Waals surface area (Å²) in [5.41, 5.74) is 1.29. The van der Waals surface area contributed by atoms with Gasteiger partial charge < -0.3 is 19.9 Å². The Morgan fingerprint density at radius 3 is 2.86 bits per heavy atom. The molecule has 0 spiro atoms. The van der Waals surface area contributed by atoms with Gasteiger partial charge in [0.25, 0.3) is 0 Å². The van der Waals surface area contributed by atoms with Crippen molar-refractivity contribution in [2.45, 2.75) is 31.9 Å². The van der Waals surface area contributed by atoms with Crippen LogP contribution < -0.4 is 5.32 Å². The van der Waals surface area contributed by atoms with Gasteiger partial charge in [0.2, 0.25) is 5.76 Å². The van der Waals surface area contributed by atoms with E-state index >= 15 is 0 Å². The summed E-state index contributed by atoms with van der Waals surface area (Å²) in [4.78, 5) is 11.3. The molecule has 1 aromatic heterocycles. The zero-order valence-corrected chi connectivity index (χ0v) is 11.7. The van der Waals surface area contributed by atoms with Gasteiger partial charge in [-0.1, -0.05) is 18.2 Å². The summed E-state index contributed by atoms with van der Waals surface area (Å²) in [7, 11) is 0. The van der Waals surface area contributed by atoms with Crippen molar-refractivity contribution in [3.8, 4) is 0 Å². The van der Waals surface area contributed by atoms with Crippen molar-refractivity contribution in [2.24, 2.45) is 5.92 Å². The van der Waals surface area contributed by atoms with Crippen LogP contribution in [0.3, 0.4) is 0 Å². The Morgan fingerprint density at radius 1 is 1.33 bits per heavy atom. The molecule has 0 radical (unpaired) electrons. The third-order valence-corrected chi connectivity index (χ3v) is 4.14. The molecular weight excluding hydrogens is 270 g/mol. The molecule has 0 saturated heterocycles. The molecular formula is C16H19NO4. The van der Waals surface area contributed by atoms with Crippen LogP contribution in [-0.2, 0) is 6.54 Å². The zero-order chi connectivity index (χ0) is 14.8. The molecule has 1 aliphatic rings. The second-order valence-corrected chi connectivity index (χ2v) is 5.67. The predicted octanol–water partition coefficient (Wildman–Crippen LogP) is 2.38. The summed E-state index contributed by atoms with van der Waals surface area (Å²) in [6, 6.07) is 7.36. The lowest BCUT2D eigenvalue weighted by Gasteiger charge is -2.10. The highest BCUT2D eigenvalue weighted by Crippen LogP contribution is 2.27. The average molecular weight is 289 g/mol. The number of carbonyl (C=O) groups is 1. The van der Waals surface area contributed by atoms with Crippen LogP contribution in [0.15, 0.2) is 28.7 Å². The number of carboxylic acid groups (broad SMARTS) is 1. The molecule has 1 aromatic carbocycles. The topological polar surface area (TPSA) is 82.7 Å².